The number of amides is 1. The zero-order valence-electron chi connectivity index (χ0n) is 14.4. The van der Waals surface area contributed by atoms with Gasteiger partial charge in [0.15, 0.2) is 6.19 Å². The first-order valence-electron chi connectivity index (χ1n) is 8.50. The van der Waals surface area contributed by atoms with Gasteiger partial charge in [-0.15, -0.1) is 0 Å². The number of hydrogen-bond donors (Lipinski definition) is 2. The van der Waals surface area contributed by atoms with E-state index in [1.165, 1.54) is 5.56 Å². The number of dihydropyridines is 1. The Morgan fingerprint density at radius 1 is 1.44 bits per heavy atom. The summed E-state index contributed by atoms with van der Waals surface area (Å²) >= 11 is 0. The minimum atomic E-state index is -0.0993. The van der Waals surface area contributed by atoms with Gasteiger partial charge in [-0.05, 0) is 31.2 Å². The molecule has 2 unspecified atom stereocenters. The highest BCUT2D eigenvalue weighted by Crippen LogP contribution is 2.12. The summed E-state index contributed by atoms with van der Waals surface area (Å²) in [7, 11) is 2.04. The fourth-order valence-corrected chi connectivity index (χ4v) is 3.10. The van der Waals surface area contributed by atoms with Crippen LogP contribution in [0.3, 0.4) is 0 Å². The van der Waals surface area contributed by atoms with Gasteiger partial charge in [-0.3, -0.25) is 9.69 Å². The molecule has 1 saturated heterocycles. The highest BCUT2D eigenvalue weighted by Gasteiger charge is 2.24. The van der Waals surface area contributed by atoms with Crippen molar-refractivity contribution in [3.05, 3.63) is 59.8 Å². The smallest absolute Gasteiger partial charge is 0.253 e. The average molecular weight is 337 g/mol. The van der Waals surface area contributed by atoms with Crippen LogP contribution < -0.4 is 10.6 Å². The van der Waals surface area contributed by atoms with Crippen molar-refractivity contribution in [3.8, 4) is 6.19 Å². The molecule has 1 aromatic rings. The number of hydrogen-bond acceptors (Lipinski definition) is 5. The number of benzene rings is 1. The van der Waals surface area contributed by atoms with Crippen LogP contribution in [0.25, 0.3) is 0 Å². The summed E-state index contributed by atoms with van der Waals surface area (Å²) in [5.74, 6) is -0.0993. The minimum absolute atomic E-state index is 0.0416. The number of nitrogens with zero attached hydrogens (tertiary/aromatic N) is 3. The van der Waals surface area contributed by atoms with Crippen LogP contribution in [0.2, 0.25) is 0 Å². The van der Waals surface area contributed by atoms with Crippen molar-refractivity contribution in [2.45, 2.75) is 25.2 Å². The van der Waals surface area contributed by atoms with Crippen molar-refractivity contribution >= 4 is 5.91 Å². The van der Waals surface area contributed by atoms with Gasteiger partial charge in [0.2, 0.25) is 0 Å². The number of nitrogens with one attached hydrogen (secondary N) is 2. The van der Waals surface area contributed by atoms with Gasteiger partial charge in [-0.1, -0.05) is 30.3 Å². The molecule has 2 aliphatic heterocycles. The predicted molar refractivity (Wildman–Crippen MR) is 95.8 cm³/mol. The largest absolute Gasteiger partial charge is 0.372 e. The summed E-state index contributed by atoms with van der Waals surface area (Å²) in [5.41, 5.74) is 1.86. The summed E-state index contributed by atoms with van der Waals surface area (Å²) in [6, 6.07) is 10.3. The Labute approximate surface area is 148 Å². The minimum Gasteiger partial charge on any atom is -0.372 e. The maximum atomic E-state index is 12.3. The third kappa shape index (κ3) is 4.40. The van der Waals surface area contributed by atoms with E-state index in [0.29, 0.717) is 18.7 Å². The molecule has 0 aliphatic carbocycles. The van der Waals surface area contributed by atoms with Gasteiger partial charge in [0, 0.05) is 31.9 Å². The highest BCUT2D eigenvalue weighted by molar-refractivity contribution is 5.96. The normalized spacial score (nSPS) is 22.3. The first-order valence-corrected chi connectivity index (χ1v) is 8.50. The molecule has 0 aromatic heterocycles. The molecular weight excluding hydrogens is 314 g/mol. The van der Waals surface area contributed by atoms with Crippen molar-refractivity contribution < 1.29 is 4.79 Å². The molecule has 2 heterocycles. The molecule has 0 spiro atoms. The van der Waals surface area contributed by atoms with E-state index in [9.17, 15) is 4.79 Å². The van der Waals surface area contributed by atoms with E-state index in [2.05, 4.69) is 33.9 Å². The fourth-order valence-electron chi connectivity index (χ4n) is 3.10. The lowest BCUT2D eigenvalue weighted by molar-refractivity contribution is -0.117. The lowest BCUT2D eigenvalue weighted by atomic mass is 10.1. The van der Waals surface area contributed by atoms with Crippen LogP contribution in [-0.4, -0.2) is 48.1 Å². The zero-order valence-corrected chi connectivity index (χ0v) is 14.4. The molecule has 130 valence electrons. The molecule has 0 saturated carbocycles. The molecule has 2 N–H and O–H groups in total. The predicted octanol–water partition coefficient (Wildman–Crippen LogP) is 1.16. The summed E-state index contributed by atoms with van der Waals surface area (Å²) in [4.78, 5) is 16.2. The first kappa shape index (κ1) is 17.1. The Morgan fingerprint density at radius 3 is 2.88 bits per heavy atom. The Bertz CT molecular complexity index is 706. The molecule has 25 heavy (non-hydrogen) atoms. The molecular formula is C19H23N5O. The van der Waals surface area contributed by atoms with Crippen molar-refractivity contribution in [1.82, 2.24) is 20.4 Å². The maximum Gasteiger partial charge on any atom is 0.253 e. The number of likely N-dealkylation sites (N-methyl/N-ethyl adjacent to an activating group) is 1. The number of carbonyl (C=O) groups is 1. The van der Waals surface area contributed by atoms with Gasteiger partial charge in [0.1, 0.15) is 0 Å². The second-order valence-electron chi connectivity index (χ2n) is 6.48. The van der Waals surface area contributed by atoms with Crippen molar-refractivity contribution in [2.24, 2.45) is 0 Å². The monoisotopic (exact) mass is 337 g/mol. The van der Waals surface area contributed by atoms with Crippen LogP contribution in [0.5, 0.6) is 0 Å². The lowest BCUT2D eigenvalue weighted by Crippen LogP contribution is -2.42. The van der Waals surface area contributed by atoms with Crippen molar-refractivity contribution in [2.75, 3.05) is 20.1 Å². The van der Waals surface area contributed by atoms with Crippen LogP contribution in [0.15, 0.2) is 54.3 Å². The summed E-state index contributed by atoms with van der Waals surface area (Å²) in [6.45, 7) is 2.13. The van der Waals surface area contributed by atoms with Gasteiger partial charge < -0.3 is 15.5 Å². The number of carbonyl (C=O) groups excluding carboxylic acids is 1. The van der Waals surface area contributed by atoms with E-state index in [4.69, 9.17) is 5.26 Å². The quantitative estimate of drug-likeness (QED) is 0.789. The SMILES string of the molecule is CN(Cc1ccccc1)C1C=CC(C(=O)NC2CCN(C#N)C2)=CN1. The summed E-state index contributed by atoms with van der Waals surface area (Å²) in [5, 5.41) is 15.1. The molecule has 1 aromatic carbocycles. The number of nitriles is 1. The molecule has 2 aliphatic rings. The van der Waals surface area contributed by atoms with Crippen LogP contribution >= 0.6 is 0 Å². The van der Waals surface area contributed by atoms with Crippen molar-refractivity contribution in [3.63, 3.8) is 0 Å². The second kappa shape index (κ2) is 7.86. The van der Waals surface area contributed by atoms with Crippen LogP contribution in [0.4, 0.5) is 0 Å². The summed E-state index contributed by atoms with van der Waals surface area (Å²) in [6.07, 6.45) is 8.60. The van der Waals surface area contributed by atoms with Gasteiger partial charge in [0.25, 0.3) is 5.91 Å². The molecule has 1 amide bonds. The Balaban J connectivity index is 1.50. The van der Waals surface area contributed by atoms with E-state index >= 15 is 0 Å². The van der Waals surface area contributed by atoms with Gasteiger partial charge in [-0.2, -0.15) is 5.26 Å². The molecule has 3 rings (SSSR count). The van der Waals surface area contributed by atoms with E-state index in [1.54, 1.807) is 11.1 Å². The first-order chi connectivity index (χ1) is 12.2. The number of rotatable bonds is 5. The molecule has 6 nitrogen and oxygen atoms in total. The van der Waals surface area contributed by atoms with Gasteiger partial charge >= 0.3 is 0 Å². The Hall–Kier alpha value is -2.78. The third-order valence-corrected chi connectivity index (χ3v) is 4.54. The zero-order chi connectivity index (χ0) is 17.6. The van der Waals surface area contributed by atoms with Crippen LogP contribution in [-0.2, 0) is 11.3 Å². The maximum absolute atomic E-state index is 12.3. The Morgan fingerprint density at radius 2 is 2.24 bits per heavy atom. The lowest BCUT2D eigenvalue weighted by Gasteiger charge is -2.28. The fraction of sp³-hybridized carbons (Fsp3) is 0.368. The van der Waals surface area contributed by atoms with E-state index in [-0.39, 0.29) is 18.1 Å². The Kier molecular flexibility index (Phi) is 5.36. The second-order valence-corrected chi connectivity index (χ2v) is 6.48. The van der Waals surface area contributed by atoms with Crippen LogP contribution in [0.1, 0.15) is 12.0 Å². The van der Waals surface area contributed by atoms with Gasteiger partial charge in [-0.25, -0.2) is 0 Å². The number of likely N-dealkylation sites (tertiary alicyclic amines) is 1. The van der Waals surface area contributed by atoms with Crippen LogP contribution in [0, 0.1) is 11.5 Å². The standard InChI is InChI=1S/C19H23N5O/c1-23(12-15-5-3-2-4-6-15)18-8-7-16(11-21-18)19(25)22-17-9-10-24(13-17)14-20/h2-8,11,17-18,21H,9-10,12-13H2,1H3,(H,22,25). The highest BCUT2D eigenvalue weighted by atomic mass is 16.1. The molecule has 0 radical (unpaired) electrons. The van der Waals surface area contributed by atoms with E-state index < -0.39 is 0 Å². The molecule has 1 fully saturated rings. The third-order valence-electron chi connectivity index (χ3n) is 4.54. The molecule has 6 heteroatoms. The van der Waals surface area contributed by atoms with E-state index in [0.717, 1.165) is 13.0 Å². The van der Waals surface area contributed by atoms with Gasteiger partial charge in [0.05, 0.1) is 11.7 Å². The molecule has 0 bridgehead atoms. The summed E-state index contributed by atoms with van der Waals surface area (Å²) < 4.78 is 0. The molecule has 2 atom stereocenters. The van der Waals surface area contributed by atoms with Crippen molar-refractivity contribution in [1.29, 1.82) is 5.26 Å². The topological polar surface area (TPSA) is 71.4 Å². The van der Waals surface area contributed by atoms with E-state index in [1.807, 2.05) is 37.4 Å². The average Bonchev–Trinajstić information content (AvgIpc) is 3.10.